The van der Waals surface area contributed by atoms with E-state index < -0.39 is 0 Å². The summed E-state index contributed by atoms with van der Waals surface area (Å²) in [7, 11) is 2.13. The van der Waals surface area contributed by atoms with Crippen LogP contribution in [0.1, 0.15) is 48.9 Å². The summed E-state index contributed by atoms with van der Waals surface area (Å²) in [6, 6.07) is 12.5. The van der Waals surface area contributed by atoms with Crippen molar-refractivity contribution < 1.29 is 0 Å². The SMILES string of the molecule is C=C(C)c1cccc(C2CN(C)Cc3c(Cl)cc(Cl)cc32)c1.CC.CSC. The van der Waals surface area contributed by atoms with Crippen LogP contribution in [0.25, 0.3) is 5.57 Å². The predicted octanol–water partition coefficient (Wildman–Crippen LogP) is 7.61. The van der Waals surface area contributed by atoms with Gasteiger partial charge in [0.15, 0.2) is 0 Å². The minimum atomic E-state index is 0.282. The van der Waals surface area contributed by atoms with Gasteiger partial charge >= 0.3 is 0 Å². The van der Waals surface area contributed by atoms with Gasteiger partial charge in [0.05, 0.1) is 0 Å². The van der Waals surface area contributed by atoms with Crippen molar-refractivity contribution in [1.29, 1.82) is 0 Å². The van der Waals surface area contributed by atoms with Crippen molar-refractivity contribution in [3.8, 4) is 0 Å². The fourth-order valence-electron chi connectivity index (χ4n) is 3.15. The van der Waals surface area contributed by atoms with Gasteiger partial charge in [-0.2, -0.15) is 11.8 Å². The molecule has 1 atom stereocenters. The van der Waals surface area contributed by atoms with E-state index in [1.54, 1.807) is 11.8 Å². The molecule has 0 saturated heterocycles. The van der Waals surface area contributed by atoms with Crippen LogP contribution in [-0.4, -0.2) is 31.0 Å². The van der Waals surface area contributed by atoms with E-state index in [0.29, 0.717) is 5.02 Å². The number of thioether (sulfide) groups is 1. The summed E-state index contributed by atoms with van der Waals surface area (Å²) >= 11 is 14.4. The minimum Gasteiger partial charge on any atom is -0.301 e. The fourth-order valence-corrected chi connectivity index (χ4v) is 3.72. The maximum absolute atomic E-state index is 6.42. The molecular weight excluding hydrogens is 393 g/mol. The summed E-state index contributed by atoms with van der Waals surface area (Å²) in [6.45, 7) is 11.9. The standard InChI is InChI=1S/C19H19Cl2N.C2H6S.C2H6/c1-12(2)13-5-4-6-14(7-13)17-10-22(3)11-18-16(17)8-15(20)9-19(18)21;1-3-2;1-2/h4-9,17H,1,10-11H2,2-3H3;1-2H3;1-2H3. The second-order valence-corrected chi connectivity index (χ2v) is 8.18. The van der Waals surface area contributed by atoms with E-state index in [1.807, 2.05) is 39.3 Å². The van der Waals surface area contributed by atoms with Gasteiger partial charge in [0.2, 0.25) is 0 Å². The van der Waals surface area contributed by atoms with Crippen molar-refractivity contribution in [2.45, 2.75) is 33.2 Å². The fraction of sp³-hybridized carbons (Fsp3) is 0.391. The van der Waals surface area contributed by atoms with Gasteiger partial charge in [-0.05, 0) is 60.9 Å². The quantitative estimate of drug-likeness (QED) is 0.488. The summed E-state index contributed by atoms with van der Waals surface area (Å²) in [4.78, 5) is 2.31. The average molecular weight is 424 g/mol. The van der Waals surface area contributed by atoms with Crippen LogP contribution in [0.3, 0.4) is 0 Å². The number of halogens is 2. The van der Waals surface area contributed by atoms with Gasteiger partial charge in [0.25, 0.3) is 0 Å². The molecule has 0 N–H and O–H groups in total. The Bertz CT molecular complexity index is 758. The first kappa shape index (κ1) is 24.1. The number of benzene rings is 2. The molecular formula is C23H31Cl2NS. The third-order valence-corrected chi connectivity index (χ3v) is 4.83. The summed E-state index contributed by atoms with van der Waals surface area (Å²) < 4.78 is 0. The van der Waals surface area contributed by atoms with E-state index in [1.165, 1.54) is 22.3 Å². The van der Waals surface area contributed by atoms with Gasteiger partial charge in [-0.15, -0.1) is 0 Å². The number of hydrogen-bond donors (Lipinski definition) is 0. The van der Waals surface area contributed by atoms with Gasteiger partial charge in [0.1, 0.15) is 0 Å². The molecule has 1 nitrogen and oxygen atoms in total. The molecule has 0 aromatic heterocycles. The molecule has 1 unspecified atom stereocenters. The van der Waals surface area contributed by atoms with Crippen molar-refractivity contribution >= 4 is 40.5 Å². The average Bonchev–Trinajstić information content (AvgIpc) is 2.64. The van der Waals surface area contributed by atoms with Gasteiger partial charge in [-0.25, -0.2) is 0 Å². The van der Waals surface area contributed by atoms with Crippen LogP contribution in [-0.2, 0) is 6.54 Å². The normalized spacial score (nSPS) is 15.6. The lowest BCUT2D eigenvalue weighted by molar-refractivity contribution is 0.295. The van der Waals surface area contributed by atoms with E-state index in [0.717, 1.165) is 23.7 Å². The van der Waals surface area contributed by atoms with Crippen LogP contribution in [0, 0.1) is 0 Å². The van der Waals surface area contributed by atoms with Crippen molar-refractivity contribution in [2.24, 2.45) is 0 Å². The number of fused-ring (bicyclic) bond motifs is 1. The topological polar surface area (TPSA) is 3.24 Å². The molecule has 2 aromatic carbocycles. The highest BCUT2D eigenvalue weighted by molar-refractivity contribution is 7.97. The summed E-state index contributed by atoms with van der Waals surface area (Å²) in [6.07, 6.45) is 4.08. The highest BCUT2D eigenvalue weighted by Gasteiger charge is 2.27. The number of rotatable bonds is 2. The van der Waals surface area contributed by atoms with E-state index in [-0.39, 0.29) is 5.92 Å². The van der Waals surface area contributed by atoms with Crippen molar-refractivity contribution in [2.75, 3.05) is 26.1 Å². The monoisotopic (exact) mass is 423 g/mol. The second-order valence-electron chi connectivity index (χ2n) is 6.52. The molecule has 1 aliphatic heterocycles. The van der Waals surface area contributed by atoms with Crippen molar-refractivity contribution in [1.82, 2.24) is 4.90 Å². The molecule has 1 heterocycles. The summed E-state index contributed by atoms with van der Waals surface area (Å²) in [5.74, 6) is 0.282. The Morgan fingerprint density at radius 2 is 1.78 bits per heavy atom. The molecule has 0 fully saturated rings. The maximum Gasteiger partial charge on any atom is 0.0468 e. The number of likely N-dealkylation sites (N-methyl/N-ethyl adjacent to an activating group) is 1. The molecule has 3 rings (SSSR count). The van der Waals surface area contributed by atoms with Gasteiger partial charge in [-0.1, -0.05) is 73.5 Å². The Hall–Kier alpha value is -0.930. The van der Waals surface area contributed by atoms with E-state index in [4.69, 9.17) is 23.2 Å². The molecule has 4 heteroatoms. The Balaban J connectivity index is 0.000000665. The molecule has 0 aliphatic carbocycles. The lowest BCUT2D eigenvalue weighted by atomic mass is 9.84. The zero-order valence-corrected chi connectivity index (χ0v) is 19.6. The minimum absolute atomic E-state index is 0.282. The number of allylic oxidation sites excluding steroid dienone is 1. The summed E-state index contributed by atoms with van der Waals surface area (Å²) in [5.41, 5.74) is 5.97. The first-order valence-corrected chi connectivity index (χ1v) is 11.6. The Morgan fingerprint density at radius 3 is 2.37 bits per heavy atom. The highest BCUT2D eigenvalue weighted by atomic mass is 35.5. The summed E-state index contributed by atoms with van der Waals surface area (Å²) in [5, 5.41) is 1.46. The Morgan fingerprint density at radius 1 is 1.15 bits per heavy atom. The van der Waals surface area contributed by atoms with Crippen LogP contribution in [0.4, 0.5) is 0 Å². The van der Waals surface area contributed by atoms with Gasteiger partial charge in [-0.3, -0.25) is 0 Å². The third-order valence-electron chi connectivity index (χ3n) is 4.27. The third kappa shape index (κ3) is 6.57. The molecule has 0 spiro atoms. The predicted molar refractivity (Wildman–Crippen MR) is 127 cm³/mol. The molecule has 0 bridgehead atoms. The Labute approximate surface area is 179 Å². The lowest BCUT2D eigenvalue weighted by Crippen LogP contribution is -2.31. The highest BCUT2D eigenvalue weighted by Crippen LogP contribution is 2.38. The van der Waals surface area contributed by atoms with Crippen molar-refractivity contribution in [3.63, 3.8) is 0 Å². The van der Waals surface area contributed by atoms with E-state index in [9.17, 15) is 0 Å². The molecule has 2 aromatic rings. The molecule has 27 heavy (non-hydrogen) atoms. The molecule has 0 saturated carbocycles. The molecule has 0 radical (unpaired) electrons. The maximum atomic E-state index is 6.42. The molecule has 1 aliphatic rings. The van der Waals surface area contributed by atoms with Crippen LogP contribution in [0.2, 0.25) is 10.0 Å². The number of nitrogens with zero attached hydrogens (tertiary/aromatic N) is 1. The number of hydrogen-bond acceptors (Lipinski definition) is 2. The van der Waals surface area contributed by atoms with Crippen molar-refractivity contribution in [3.05, 3.63) is 75.3 Å². The molecule has 0 amide bonds. The zero-order chi connectivity index (χ0) is 20.6. The van der Waals surface area contributed by atoms with Crippen LogP contribution < -0.4 is 0 Å². The smallest absolute Gasteiger partial charge is 0.0468 e. The van der Waals surface area contributed by atoms with Gasteiger partial charge < -0.3 is 4.90 Å². The Kier molecular flexibility index (Phi) is 10.5. The first-order valence-electron chi connectivity index (χ1n) is 9.19. The van der Waals surface area contributed by atoms with E-state index >= 15 is 0 Å². The van der Waals surface area contributed by atoms with E-state index in [2.05, 4.69) is 48.9 Å². The van der Waals surface area contributed by atoms with Crippen LogP contribution in [0.15, 0.2) is 43.0 Å². The van der Waals surface area contributed by atoms with Gasteiger partial charge in [0, 0.05) is 29.1 Å². The molecule has 148 valence electrons. The lowest BCUT2D eigenvalue weighted by Gasteiger charge is -2.33. The zero-order valence-electron chi connectivity index (χ0n) is 17.3. The van der Waals surface area contributed by atoms with Crippen LogP contribution >= 0.6 is 35.0 Å². The first-order chi connectivity index (χ1) is 12.9. The second kappa shape index (κ2) is 11.8. The largest absolute Gasteiger partial charge is 0.301 e. The van der Waals surface area contributed by atoms with Crippen LogP contribution in [0.5, 0.6) is 0 Å².